The highest BCUT2D eigenvalue weighted by atomic mass is 31.1. The molecule has 1 fully saturated rings. The summed E-state index contributed by atoms with van der Waals surface area (Å²) in [5, 5.41) is 11.5. The number of carboxylic acids is 1. The third kappa shape index (κ3) is 8.15. The van der Waals surface area contributed by atoms with Crippen LogP contribution < -0.4 is 10.8 Å². The van der Waals surface area contributed by atoms with E-state index in [1.807, 2.05) is 6.92 Å². The van der Waals surface area contributed by atoms with Crippen molar-refractivity contribution in [2.45, 2.75) is 64.0 Å². The largest absolute Gasteiger partial charge is 0.614 e. The maximum atomic E-state index is 12.2. The molecule has 9 heteroatoms. The quantitative estimate of drug-likeness (QED) is 0.356. The van der Waals surface area contributed by atoms with Crippen molar-refractivity contribution in [3.8, 4) is 0 Å². The lowest BCUT2D eigenvalue weighted by molar-refractivity contribution is -0.146. The van der Waals surface area contributed by atoms with E-state index in [0.29, 0.717) is 25.9 Å². The first kappa shape index (κ1) is 21.0. The van der Waals surface area contributed by atoms with Crippen molar-refractivity contribution in [3.63, 3.8) is 0 Å². The SMILES string of the molecule is CC(CCCCCCN)O[P+](=O)NC1CCCN(CC(=O)O)C1=O. The number of unbranched alkanes of at least 4 members (excludes halogenated alkanes) is 3. The number of carbonyl (C=O) groups excluding carboxylic acids is 1. The second-order valence-corrected chi connectivity index (χ2v) is 7.13. The van der Waals surface area contributed by atoms with Gasteiger partial charge in [-0.3, -0.25) is 9.59 Å². The highest BCUT2D eigenvalue weighted by Gasteiger charge is 2.36. The van der Waals surface area contributed by atoms with Crippen molar-refractivity contribution in [3.05, 3.63) is 0 Å². The van der Waals surface area contributed by atoms with Crippen molar-refractivity contribution >= 4 is 20.1 Å². The number of hydrogen-bond donors (Lipinski definition) is 3. The Morgan fingerprint density at radius 2 is 2.17 bits per heavy atom. The smallest absolute Gasteiger partial charge is 0.480 e. The van der Waals surface area contributed by atoms with Crippen LogP contribution in [0.4, 0.5) is 0 Å². The van der Waals surface area contributed by atoms with Crippen LogP contribution in [0.3, 0.4) is 0 Å². The number of hydrogen-bond acceptors (Lipinski definition) is 5. The second-order valence-electron chi connectivity index (χ2n) is 6.14. The lowest BCUT2D eigenvalue weighted by Crippen LogP contribution is -2.50. The molecule has 1 aliphatic rings. The Kier molecular flexibility index (Phi) is 10.0. The molecule has 4 N–H and O–H groups in total. The first-order valence-electron chi connectivity index (χ1n) is 8.55. The molecule has 0 radical (unpaired) electrons. The molecule has 24 heavy (non-hydrogen) atoms. The van der Waals surface area contributed by atoms with Gasteiger partial charge in [0.2, 0.25) is 5.91 Å². The fourth-order valence-corrected chi connectivity index (χ4v) is 3.67. The lowest BCUT2D eigenvalue weighted by atomic mass is 10.1. The Bertz CT molecular complexity index is 435. The molecule has 0 aromatic carbocycles. The fraction of sp³-hybridized carbons (Fsp3) is 0.867. The van der Waals surface area contributed by atoms with E-state index in [0.717, 1.165) is 32.1 Å². The molecule has 0 aromatic heterocycles. The van der Waals surface area contributed by atoms with Crippen LogP contribution in [0.5, 0.6) is 0 Å². The molecule has 1 aliphatic heterocycles. The summed E-state index contributed by atoms with van der Waals surface area (Å²) < 4.78 is 17.5. The topological polar surface area (TPSA) is 122 Å². The van der Waals surface area contributed by atoms with Gasteiger partial charge in [-0.2, -0.15) is 0 Å². The molecular weight excluding hydrogens is 333 g/mol. The van der Waals surface area contributed by atoms with Crippen molar-refractivity contribution in [2.24, 2.45) is 5.73 Å². The minimum atomic E-state index is -2.15. The number of carbonyl (C=O) groups is 2. The molecule has 0 saturated carbocycles. The molecule has 0 spiro atoms. The van der Waals surface area contributed by atoms with Crippen molar-refractivity contribution in [1.29, 1.82) is 0 Å². The Balaban J connectivity index is 2.30. The summed E-state index contributed by atoms with van der Waals surface area (Å²) in [5.74, 6) is -1.38. The van der Waals surface area contributed by atoms with Crippen LogP contribution in [0.15, 0.2) is 0 Å². The highest BCUT2D eigenvalue weighted by molar-refractivity contribution is 7.36. The molecular formula is C15H29N3O5P+. The zero-order chi connectivity index (χ0) is 17.9. The van der Waals surface area contributed by atoms with Crippen LogP contribution in [0, 0.1) is 0 Å². The molecule has 0 aromatic rings. The van der Waals surface area contributed by atoms with Crippen LogP contribution in [0.2, 0.25) is 0 Å². The van der Waals surface area contributed by atoms with Crippen molar-refractivity contribution in [1.82, 2.24) is 9.99 Å². The zero-order valence-electron chi connectivity index (χ0n) is 14.3. The first-order chi connectivity index (χ1) is 11.4. The molecule has 1 saturated heterocycles. The molecule has 1 amide bonds. The van der Waals surface area contributed by atoms with Gasteiger partial charge in [-0.25, -0.2) is 0 Å². The summed E-state index contributed by atoms with van der Waals surface area (Å²) in [6.45, 7) is 2.65. The van der Waals surface area contributed by atoms with Crippen molar-refractivity contribution in [2.75, 3.05) is 19.6 Å². The lowest BCUT2D eigenvalue weighted by Gasteiger charge is -2.29. The van der Waals surface area contributed by atoms with Gasteiger partial charge in [-0.15, -0.1) is 4.52 Å². The third-order valence-corrected chi connectivity index (χ3v) is 5.03. The van der Waals surface area contributed by atoms with Gasteiger partial charge in [0, 0.05) is 6.54 Å². The number of rotatable bonds is 12. The van der Waals surface area contributed by atoms with E-state index in [2.05, 4.69) is 5.09 Å². The standard InChI is InChI=1S/C15H28N3O5P/c1-12(7-4-2-3-5-9-16)23-24(22)17-13-8-6-10-18(15(13)21)11-14(19)20/h12-13H,2-11,16H2,1H3,(H-,17,19,20,22)/p+1. The maximum absolute atomic E-state index is 12.2. The number of amides is 1. The summed E-state index contributed by atoms with van der Waals surface area (Å²) >= 11 is 0. The maximum Gasteiger partial charge on any atom is 0.614 e. The summed E-state index contributed by atoms with van der Waals surface area (Å²) in [6, 6.07) is -0.640. The number of nitrogens with one attached hydrogen (secondary N) is 1. The van der Waals surface area contributed by atoms with Gasteiger partial charge in [0.05, 0.1) is 0 Å². The number of piperidine rings is 1. The molecule has 8 nitrogen and oxygen atoms in total. The average Bonchev–Trinajstić information content (AvgIpc) is 2.50. The molecule has 3 atom stereocenters. The second kappa shape index (κ2) is 11.5. The zero-order valence-corrected chi connectivity index (χ0v) is 15.2. The van der Waals surface area contributed by atoms with Gasteiger partial charge in [-0.05, 0) is 43.7 Å². The molecule has 1 rings (SSSR count). The molecule has 0 aliphatic carbocycles. The number of nitrogens with two attached hydrogens (primary N) is 1. The Morgan fingerprint density at radius 1 is 1.46 bits per heavy atom. The number of aliphatic carboxylic acids is 1. The first-order valence-corrected chi connectivity index (χ1v) is 9.72. The Hall–Kier alpha value is -1.08. The van der Waals surface area contributed by atoms with E-state index in [1.165, 1.54) is 4.90 Å². The Morgan fingerprint density at radius 3 is 2.83 bits per heavy atom. The van der Waals surface area contributed by atoms with E-state index in [4.69, 9.17) is 15.4 Å². The van der Waals surface area contributed by atoms with Crippen LogP contribution in [0.1, 0.15) is 51.9 Å². The fourth-order valence-electron chi connectivity index (χ4n) is 2.68. The molecule has 0 bridgehead atoms. The summed E-state index contributed by atoms with van der Waals surface area (Å²) in [6.07, 6.45) is 6.01. The van der Waals surface area contributed by atoms with E-state index in [-0.39, 0.29) is 18.6 Å². The summed E-state index contributed by atoms with van der Waals surface area (Å²) in [5.41, 5.74) is 5.44. The van der Waals surface area contributed by atoms with E-state index < -0.39 is 20.2 Å². The highest BCUT2D eigenvalue weighted by Crippen LogP contribution is 2.25. The molecule has 1 heterocycles. The average molecular weight is 362 g/mol. The van der Waals surface area contributed by atoms with Gasteiger partial charge in [-0.1, -0.05) is 24.3 Å². The minimum absolute atomic E-state index is 0.159. The molecule has 3 unspecified atom stereocenters. The van der Waals surface area contributed by atoms with E-state index >= 15 is 0 Å². The van der Waals surface area contributed by atoms with E-state index in [1.54, 1.807) is 0 Å². The van der Waals surface area contributed by atoms with Crippen LogP contribution in [0.25, 0.3) is 0 Å². The number of likely N-dealkylation sites (tertiary alicyclic amines) is 1. The minimum Gasteiger partial charge on any atom is -0.480 e. The normalized spacial score (nSPS) is 20.1. The Labute approximate surface area is 144 Å². The molecule has 138 valence electrons. The predicted octanol–water partition coefficient (Wildman–Crippen LogP) is 1.62. The van der Waals surface area contributed by atoms with Crippen molar-refractivity contribution < 1.29 is 23.8 Å². The van der Waals surface area contributed by atoms with Crippen LogP contribution in [-0.4, -0.2) is 53.7 Å². The third-order valence-electron chi connectivity index (χ3n) is 3.96. The van der Waals surface area contributed by atoms with Gasteiger partial charge in [0.15, 0.2) is 0 Å². The van der Waals surface area contributed by atoms with Gasteiger partial charge in [0.25, 0.3) is 0 Å². The van der Waals surface area contributed by atoms with Gasteiger partial charge in [0.1, 0.15) is 18.7 Å². The van der Waals surface area contributed by atoms with Crippen LogP contribution in [-0.2, 0) is 18.7 Å². The predicted molar refractivity (Wildman–Crippen MR) is 90.7 cm³/mol. The van der Waals surface area contributed by atoms with Gasteiger partial charge < -0.3 is 15.7 Å². The van der Waals surface area contributed by atoms with Gasteiger partial charge >= 0.3 is 14.1 Å². The monoisotopic (exact) mass is 362 g/mol. The summed E-state index contributed by atoms with van der Waals surface area (Å²) in [4.78, 5) is 24.2. The van der Waals surface area contributed by atoms with Crippen LogP contribution >= 0.6 is 8.18 Å². The number of carboxylic acid groups (broad SMARTS) is 1. The van der Waals surface area contributed by atoms with E-state index in [9.17, 15) is 14.2 Å². The number of nitrogens with zero attached hydrogens (tertiary/aromatic N) is 1. The summed E-state index contributed by atoms with van der Waals surface area (Å²) in [7, 11) is -2.15.